The summed E-state index contributed by atoms with van der Waals surface area (Å²) < 4.78 is 18.2. The molecule has 0 unspecified atom stereocenters. The molecule has 0 radical (unpaired) electrons. The largest absolute Gasteiger partial charge is 0.462 e. The minimum atomic E-state index is -0.316. The standard InChI is InChI=1S/C33H28N6O4/c1-23-30(37-33(40)38(19-29-21-41-22-42-29)18-24-8-4-2-5-9-24)20-39-32(23)31(25(16-34)17-35-39)36-26-12-14-28(15-13-26)43-27-10-6-3-7-11-27/h2-15,17,20-21,36H,18-19,22H2,1H3,(H,37,40). The normalized spacial score (nSPS) is 12.0. The number of rotatable bonds is 9. The van der Waals surface area contributed by atoms with Crippen LogP contribution in [0.2, 0.25) is 0 Å². The predicted molar refractivity (Wildman–Crippen MR) is 162 cm³/mol. The number of para-hydroxylation sites is 1. The molecule has 0 bridgehead atoms. The van der Waals surface area contributed by atoms with Crippen molar-refractivity contribution >= 4 is 28.6 Å². The van der Waals surface area contributed by atoms with Gasteiger partial charge in [-0.25, -0.2) is 9.31 Å². The zero-order valence-corrected chi connectivity index (χ0v) is 23.4. The van der Waals surface area contributed by atoms with Crippen molar-refractivity contribution in [1.29, 1.82) is 5.26 Å². The van der Waals surface area contributed by atoms with Crippen LogP contribution in [0, 0.1) is 18.3 Å². The SMILES string of the molecule is Cc1c(NC(=O)N(CC2=COCO2)Cc2ccccc2)cn2ncc(C#N)c(Nc3ccc(Oc4ccccc4)cc3)c12. The molecular weight excluding hydrogens is 544 g/mol. The van der Waals surface area contributed by atoms with E-state index in [1.165, 1.54) is 12.5 Å². The van der Waals surface area contributed by atoms with Crippen molar-refractivity contribution in [2.75, 3.05) is 24.0 Å². The van der Waals surface area contributed by atoms with E-state index in [1.54, 1.807) is 15.6 Å². The van der Waals surface area contributed by atoms with E-state index in [4.69, 9.17) is 14.2 Å². The second-order valence-corrected chi connectivity index (χ2v) is 9.86. The molecule has 43 heavy (non-hydrogen) atoms. The van der Waals surface area contributed by atoms with Gasteiger partial charge in [0.2, 0.25) is 6.79 Å². The lowest BCUT2D eigenvalue weighted by molar-refractivity contribution is 0.0742. The van der Waals surface area contributed by atoms with Gasteiger partial charge in [-0.1, -0.05) is 48.5 Å². The van der Waals surface area contributed by atoms with Crippen LogP contribution in [-0.4, -0.2) is 33.9 Å². The average Bonchev–Trinajstić information content (AvgIpc) is 3.66. The highest BCUT2D eigenvalue weighted by Crippen LogP contribution is 2.33. The van der Waals surface area contributed by atoms with E-state index in [2.05, 4.69) is 21.8 Å². The Morgan fingerprint density at radius 2 is 1.74 bits per heavy atom. The van der Waals surface area contributed by atoms with Crippen LogP contribution in [0.4, 0.5) is 21.9 Å². The van der Waals surface area contributed by atoms with E-state index in [-0.39, 0.29) is 19.4 Å². The number of carbonyl (C=O) groups excluding carboxylic acids is 1. The third-order valence-electron chi connectivity index (χ3n) is 6.90. The summed E-state index contributed by atoms with van der Waals surface area (Å²) in [5, 5.41) is 20.7. The predicted octanol–water partition coefficient (Wildman–Crippen LogP) is 6.93. The van der Waals surface area contributed by atoms with E-state index in [0.717, 1.165) is 22.6 Å². The Bertz CT molecular complexity index is 1810. The molecule has 5 aromatic rings. The molecule has 0 saturated carbocycles. The lowest BCUT2D eigenvalue weighted by Gasteiger charge is -2.23. The van der Waals surface area contributed by atoms with Gasteiger partial charge in [0.25, 0.3) is 0 Å². The van der Waals surface area contributed by atoms with Crippen molar-refractivity contribution in [2.45, 2.75) is 13.5 Å². The first-order chi connectivity index (χ1) is 21.1. The monoisotopic (exact) mass is 572 g/mol. The average molecular weight is 573 g/mol. The van der Waals surface area contributed by atoms with Crippen molar-refractivity contribution < 1.29 is 19.0 Å². The van der Waals surface area contributed by atoms with Gasteiger partial charge in [0.1, 0.15) is 23.8 Å². The maximum Gasteiger partial charge on any atom is 0.322 e. The molecule has 214 valence electrons. The molecule has 1 aliphatic heterocycles. The number of nitrogens with zero attached hydrogens (tertiary/aromatic N) is 4. The van der Waals surface area contributed by atoms with Crippen LogP contribution < -0.4 is 15.4 Å². The minimum absolute atomic E-state index is 0.131. The molecule has 10 nitrogen and oxygen atoms in total. The Kier molecular flexibility index (Phi) is 7.78. The van der Waals surface area contributed by atoms with Gasteiger partial charge in [0, 0.05) is 17.8 Å². The summed E-state index contributed by atoms with van der Waals surface area (Å²) in [7, 11) is 0. The Morgan fingerprint density at radius 1 is 1.02 bits per heavy atom. The maximum absolute atomic E-state index is 13.6. The van der Waals surface area contributed by atoms with E-state index in [1.807, 2.05) is 91.9 Å². The Morgan fingerprint density at radius 3 is 2.44 bits per heavy atom. The first-order valence-electron chi connectivity index (χ1n) is 13.6. The van der Waals surface area contributed by atoms with Gasteiger partial charge < -0.3 is 29.7 Å². The summed E-state index contributed by atoms with van der Waals surface area (Å²) in [5.41, 5.74) is 4.67. The van der Waals surface area contributed by atoms with E-state index in [9.17, 15) is 10.1 Å². The quantitative estimate of drug-likeness (QED) is 0.197. The van der Waals surface area contributed by atoms with Crippen molar-refractivity contribution in [3.8, 4) is 17.6 Å². The van der Waals surface area contributed by atoms with Gasteiger partial charge in [-0.15, -0.1) is 0 Å². The third-order valence-corrected chi connectivity index (χ3v) is 6.90. The highest BCUT2D eigenvalue weighted by atomic mass is 16.7. The number of aromatic nitrogens is 2. The lowest BCUT2D eigenvalue weighted by Crippen LogP contribution is -2.36. The molecule has 2 amide bonds. The third kappa shape index (κ3) is 6.21. The first kappa shape index (κ1) is 27.2. The fourth-order valence-electron chi connectivity index (χ4n) is 4.74. The van der Waals surface area contributed by atoms with Crippen LogP contribution in [0.1, 0.15) is 16.7 Å². The summed E-state index contributed by atoms with van der Waals surface area (Å²) >= 11 is 0. The molecule has 0 fully saturated rings. The smallest absolute Gasteiger partial charge is 0.322 e. The topological polar surface area (TPSA) is 113 Å². The number of nitriles is 1. The summed E-state index contributed by atoms with van der Waals surface area (Å²) in [5.74, 6) is 2.00. The second kappa shape index (κ2) is 12.3. The zero-order chi connectivity index (χ0) is 29.6. The highest BCUT2D eigenvalue weighted by molar-refractivity contribution is 5.95. The van der Waals surface area contributed by atoms with Gasteiger partial charge in [0.15, 0.2) is 5.76 Å². The van der Waals surface area contributed by atoms with Crippen LogP contribution in [0.3, 0.4) is 0 Å². The van der Waals surface area contributed by atoms with Crippen molar-refractivity contribution in [2.24, 2.45) is 0 Å². The number of aryl methyl sites for hydroxylation is 1. The number of anilines is 3. The number of hydrogen-bond donors (Lipinski definition) is 2. The van der Waals surface area contributed by atoms with E-state index < -0.39 is 0 Å². The van der Waals surface area contributed by atoms with Crippen LogP contribution in [0.15, 0.2) is 109 Å². The fraction of sp³-hybridized carbons (Fsp3) is 0.121. The number of benzene rings is 3. The molecule has 0 aliphatic carbocycles. The Labute approximate surface area is 248 Å². The molecule has 2 N–H and O–H groups in total. The molecule has 0 atom stereocenters. The first-order valence-corrected chi connectivity index (χ1v) is 13.6. The number of amides is 2. The Balaban J connectivity index is 1.25. The molecule has 2 aromatic heterocycles. The number of hydrogen-bond acceptors (Lipinski definition) is 7. The van der Waals surface area contributed by atoms with Gasteiger partial charge >= 0.3 is 6.03 Å². The Hall–Kier alpha value is -5.95. The zero-order valence-electron chi connectivity index (χ0n) is 23.4. The molecule has 3 heterocycles. The summed E-state index contributed by atoms with van der Waals surface area (Å²) in [4.78, 5) is 15.2. The molecule has 3 aromatic carbocycles. The highest BCUT2D eigenvalue weighted by Gasteiger charge is 2.22. The van der Waals surface area contributed by atoms with Crippen LogP contribution in [0.5, 0.6) is 11.5 Å². The van der Waals surface area contributed by atoms with Crippen LogP contribution in [0.25, 0.3) is 5.52 Å². The van der Waals surface area contributed by atoms with Gasteiger partial charge in [-0.05, 0) is 48.9 Å². The fourth-order valence-corrected chi connectivity index (χ4v) is 4.74. The number of nitrogens with one attached hydrogen (secondary N) is 2. The van der Waals surface area contributed by atoms with Gasteiger partial charge in [0.05, 0.1) is 41.4 Å². The van der Waals surface area contributed by atoms with Crippen LogP contribution in [-0.2, 0) is 16.0 Å². The summed E-state index contributed by atoms with van der Waals surface area (Å²) in [6.45, 7) is 2.62. The summed E-state index contributed by atoms with van der Waals surface area (Å²) in [6, 6.07) is 28.6. The van der Waals surface area contributed by atoms with Crippen molar-refractivity contribution in [1.82, 2.24) is 14.5 Å². The molecule has 6 rings (SSSR count). The number of urea groups is 1. The number of ether oxygens (including phenoxy) is 3. The van der Waals surface area contributed by atoms with Crippen LogP contribution >= 0.6 is 0 Å². The van der Waals surface area contributed by atoms with Gasteiger partial charge in [-0.2, -0.15) is 10.4 Å². The van der Waals surface area contributed by atoms with Gasteiger partial charge in [-0.3, -0.25) is 0 Å². The van der Waals surface area contributed by atoms with Crippen molar-refractivity contribution in [3.63, 3.8) is 0 Å². The molecule has 0 saturated heterocycles. The number of carbonyl (C=O) groups is 1. The van der Waals surface area contributed by atoms with E-state index >= 15 is 0 Å². The lowest BCUT2D eigenvalue weighted by atomic mass is 10.1. The minimum Gasteiger partial charge on any atom is -0.462 e. The molecule has 0 spiro atoms. The van der Waals surface area contributed by atoms with Crippen molar-refractivity contribution in [3.05, 3.63) is 126 Å². The van der Waals surface area contributed by atoms with E-state index in [0.29, 0.717) is 40.5 Å². The molecule has 10 heteroatoms. The maximum atomic E-state index is 13.6. The molecule has 1 aliphatic rings. The molecular formula is C33H28N6O4. The second-order valence-electron chi connectivity index (χ2n) is 9.86. The summed E-state index contributed by atoms with van der Waals surface area (Å²) in [6.07, 6.45) is 4.76. The number of fused-ring (bicyclic) bond motifs is 1.